The lowest BCUT2D eigenvalue weighted by atomic mass is 9.88. The van der Waals surface area contributed by atoms with E-state index >= 15 is 0 Å². The number of amides is 1. The fourth-order valence-electron chi connectivity index (χ4n) is 2.39. The van der Waals surface area contributed by atoms with Crippen LogP contribution in [0.1, 0.15) is 25.0 Å². The molecular weight excluding hydrogens is 286 g/mol. The molecule has 0 fully saturated rings. The maximum Gasteiger partial charge on any atom is 0.408 e. The van der Waals surface area contributed by atoms with Crippen molar-refractivity contribution in [1.82, 2.24) is 5.32 Å². The Balaban J connectivity index is 1.96. The highest BCUT2D eigenvalue weighted by molar-refractivity contribution is 5.74. The van der Waals surface area contributed by atoms with Crippen LogP contribution in [0.15, 0.2) is 42.5 Å². The average molecular weight is 305 g/mol. The van der Waals surface area contributed by atoms with Crippen LogP contribution >= 0.6 is 0 Å². The number of aliphatic hydroxyl groups excluding tert-OH is 1. The zero-order valence-electron chi connectivity index (χ0n) is 12.2. The molecule has 1 unspecified atom stereocenters. The van der Waals surface area contributed by atoms with E-state index in [1.165, 1.54) is 12.2 Å². The van der Waals surface area contributed by atoms with E-state index in [-0.39, 0.29) is 6.42 Å². The van der Waals surface area contributed by atoms with E-state index in [4.69, 9.17) is 9.84 Å². The van der Waals surface area contributed by atoms with Crippen molar-refractivity contribution in [2.45, 2.75) is 31.6 Å². The number of nitrogens with one attached hydrogen (secondary N) is 1. The molecule has 1 aromatic carbocycles. The molecule has 6 nitrogen and oxygen atoms in total. The summed E-state index contributed by atoms with van der Waals surface area (Å²) in [6.45, 7) is 1.74. The van der Waals surface area contributed by atoms with Crippen molar-refractivity contribution in [3.63, 3.8) is 0 Å². The van der Waals surface area contributed by atoms with Crippen LogP contribution in [0.2, 0.25) is 0 Å². The number of carboxylic acids is 1. The largest absolute Gasteiger partial charge is 0.481 e. The molecule has 2 rings (SSSR count). The normalized spacial score (nSPS) is 25.3. The first-order chi connectivity index (χ1) is 10.5. The molecule has 1 aliphatic rings. The first kappa shape index (κ1) is 16.0. The predicted octanol–water partition coefficient (Wildman–Crippen LogP) is 1.86. The number of hydrogen-bond donors (Lipinski definition) is 3. The molecule has 0 aliphatic heterocycles. The highest BCUT2D eigenvalue weighted by atomic mass is 16.6. The molecule has 0 saturated carbocycles. The SMILES string of the molecule is CC(OC(=O)N[C@@H]1C=C[C@H](O)C[C@@H]1C(=O)O)c1ccccc1. The number of hydrogen-bond acceptors (Lipinski definition) is 4. The molecule has 1 amide bonds. The van der Waals surface area contributed by atoms with Gasteiger partial charge in [-0.1, -0.05) is 42.5 Å². The van der Waals surface area contributed by atoms with Crippen molar-refractivity contribution in [1.29, 1.82) is 0 Å². The van der Waals surface area contributed by atoms with E-state index in [1.54, 1.807) is 6.92 Å². The topological polar surface area (TPSA) is 95.9 Å². The molecule has 0 aromatic heterocycles. The number of benzene rings is 1. The molecule has 0 spiro atoms. The third kappa shape index (κ3) is 4.08. The van der Waals surface area contributed by atoms with Gasteiger partial charge in [0.1, 0.15) is 6.10 Å². The summed E-state index contributed by atoms with van der Waals surface area (Å²) in [5.74, 6) is -1.94. The molecule has 6 heteroatoms. The zero-order valence-corrected chi connectivity index (χ0v) is 12.2. The Morgan fingerprint density at radius 3 is 2.59 bits per heavy atom. The monoisotopic (exact) mass is 305 g/mol. The molecule has 118 valence electrons. The molecule has 0 bridgehead atoms. The van der Waals surface area contributed by atoms with Crippen LogP contribution in [0.25, 0.3) is 0 Å². The van der Waals surface area contributed by atoms with Crippen LogP contribution in [-0.4, -0.2) is 34.4 Å². The van der Waals surface area contributed by atoms with Gasteiger partial charge in [-0.3, -0.25) is 4.79 Å². The number of carbonyl (C=O) groups is 2. The minimum Gasteiger partial charge on any atom is -0.481 e. The van der Waals surface area contributed by atoms with Gasteiger partial charge in [-0.2, -0.15) is 0 Å². The van der Waals surface area contributed by atoms with Crippen molar-refractivity contribution < 1.29 is 24.5 Å². The second-order valence-electron chi connectivity index (χ2n) is 5.26. The lowest BCUT2D eigenvalue weighted by molar-refractivity contribution is -0.143. The van der Waals surface area contributed by atoms with E-state index in [2.05, 4.69) is 5.32 Å². The summed E-state index contributed by atoms with van der Waals surface area (Å²) in [5, 5.41) is 21.2. The number of aliphatic hydroxyl groups is 1. The Bertz CT molecular complexity index is 557. The van der Waals surface area contributed by atoms with E-state index in [0.29, 0.717) is 0 Å². The minimum atomic E-state index is -1.06. The van der Waals surface area contributed by atoms with Gasteiger partial charge < -0.3 is 20.3 Å². The van der Waals surface area contributed by atoms with Gasteiger partial charge in [-0.15, -0.1) is 0 Å². The standard InChI is InChI=1S/C16H19NO5/c1-10(11-5-3-2-4-6-11)22-16(21)17-14-8-7-12(18)9-13(14)15(19)20/h2-8,10,12-14,18H,9H2,1H3,(H,17,21)(H,19,20)/t10?,12-,13-,14+/m0/s1. The molecular formula is C16H19NO5. The molecule has 1 aliphatic carbocycles. The number of ether oxygens (including phenoxy) is 1. The zero-order chi connectivity index (χ0) is 16.1. The third-order valence-corrected chi connectivity index (χ3v) is 3.62. The Kier molecular flexibility index (Phi) is 5.16. The van der Waals surface area contributed by atoms with Crippen LogP contribution in [-0.2, 0) is 9.53 Å². The smallest absolute Gasteiger partial charge is 0.408 e. The number of carbonyl (C=O) groups excluding carboxylic acids is 1. The molecule has 1 aromatic rings. The number of carboxylic acid groups (broad SMARTS) is 1. The molecule has 0 heterocycles. The molecule has 0 saturated heterocycles. The van der Waals surface area contributed by atoms with Crippen LogP contribution in [0.3, 0.4) is 0 Å². The Morgan fingerprint density at radius 1 is 1.27 bits per heavy atom. The van der Waals surface area contributed by atoms with Gasteiger partial charge in [-0.25, -0.2) is 4.79 Å². The van der Waals surface area contributed by atoms with Crippen molar-refractivity contribution in [3.8, 4) is 0 Å². The maximum atomic E-state index is 11.9. The number of aliphatic carboxylic acids is 1. The fourth-order valence-corrected chi connectivity index (χ4v) is 2.39. The van der Waals surface area contributed by atoms with Crippen molar-refractivity contribution >= 4 is 12.1 Å². The van der Waals surface area contributed by atoms with Crippen molar-refractivity contribution in [2.24, 2.45) is 5.92 Å². The van der Waals surface area contributed by atoms with Gasteiger partial charge in [0.15, 0.2) is 0 Å². The Morgan fingerprint density at radius 2 is 1.95 bits per heavy atom. The first-order valence-electron chi connectivity index (χ1n) is 7.08. The first-order valence-corrected chi connectivity index (χ1v) is 7.08. The minimum absolute atomic E-state index is 0.0605. The second kappa shape index (κ2) is 7.09. The Hall–Kier alpha value is -2.34. The highest BCUT2D eigenvalue weighted by Gasteiger charge is 2.33. The van der Waals surface area contributed by atoms with Gasteiger partial charge in [-0.05, 0) is 18.9 Å². The van der Waals surface area contributed by atoms with E-state index in [0.717, 1.165) is 5.56 Å². The van der Waals surface area contributed by atoms with Crippen molar-refractivity contribution in [2.75, 3.05) is 0 Å². The van der Waals surface area contributed by atoms with E-state index in [1.807, 2.05) is 30.3 Å². The van der Waals surface area contributed by atoms with Crippen molar-refractivity contribution in [3.05, 3.63) is 48.0 Å². The average Bonchev–Trinajstić information content (AvgIpc) is 2.49. The van der Waals surface area contributed by atoms with E-state index in [9.17, 15) is 14.7 Å². The number of alkyl carbamates (subject to hydrolysis) is 1. The second-order valence-corrected chi connectivity index (χ2v) is 5.26. The van der Waals surface area contributed by atoms with Crippen LogP contribution in [0.5, 0.6) is 0 Å². The summed E-state index contributed by atoms with van der Waals surface area (Å²) in [4.78, 5) is 23.1. The third-order valence-electron chi connectivity index (χ3n) is 3.62. The highest BCUT2D eigenvalue weighted by Crippen LogP contribution is 2.21. The summed E-state index contributed by atoms with van der Waals surface area (Å²) in [7, 11) is 0. The summed E-state index contributed by atoms with van der Waals surface area (Å²) >= 11 is 0. The van der Waals surface area contributed by atoms with Gasteiger partial charge in [0.25, 0.3) is 0 Å². The lowest BCUT2D eigenvalue weighted by Gasteiger charge is -2.27. The fraction of sp³-hybridized carbons (Fsp3) is 0.375. The molecule has 0 radical (unpaired) electrons. The summed E-state index contributed by atoms with van der Waals surface area (Å²) in [5.41, 5.74) is 0.849. The lowest BCUT2D eigenvalue weighted by Crippen LogP contribution is -2.45. The molecule has 4 atom stereocenters. The predicted molar refractivity (Wildman–Crippen MR) is 79.2 cm³/mol. The Labute approximate surface area is 128 Å². The van der Waals surface area contributed by atoms with Gasteiger partial charge in [0, 0.05) is 0 Å². The van der Waals surface area contributed by atoms with Gasteiger partial charge in [0.05, 0.1) is 18.1 Å². The summed E-state index contributed by atoms with van der Waals surface area (Å²) in [6.07, 6.45) is 1.09. The maximum absolute atomic E-state index is 11.9. The van der Waals surface area contributed by atoms with Crippen LogP contribution < -0.4 is 5.32 Å². The van der Waals surface area contributed by atoms with Gasteiger partial charge >= 0.3 is 12.1 Å². The molecule has 3 N–H and O–H groups in total. The summed E-state index contributed by atoms with van der Waals surface area (Å²) < 4.78 is 5.25. The molecule has 22 heavy (non-hydrogen) atoms. The van der Waals surface area contributed by atoms with Gasteiger partial charge in [0.2, 0.25) is 0 Å². The van der Waals surface area contributed by atoms with Crippen LogP contribution in [0.4, 0.5) is 4.79 Å². The number of rotatable bonds is 4. The van der Waals surface area contributed by atoms with Crippen LogP contribution in [0, 0.1) is 5.92 Å². The quantitative estimate of drug-likeness (QED) is 0.738. The summed E-state index contributed by atoms with van der Waals surface area (Å²) in [6, 6.07) is 8.55. The van der Waals surface area contributed by atoms with E-state index < -0.39 is 36.2 Å².